The first-order chi connectivity index (χ1) is 17.3. The van der Waals surface area contributed by atoms with E-state index < -0.39 is 17.8 Å². The van der Waals surface area contributed by atoms with Gasteiger partial charge in [-0.2, -0.15) is 0 Å². The lowest BCUT2D eigenvalue weighted by atomic mass is 10.1. The molecular formula is C25H26ClFN4O5. The SMILES string of the molecule is NC(=O)c1cn(CC(=O)N2CCCC2C(=O)NCc2cccc(Cl)c2F)c2cc(OCCO)ccc12. The normalized spacial score (nSPS) is 15.3. The summed E-state index contributed by atoms with van der Waals surface area (Å²) in [6.45, 7) is 0.156. The van der Waals surface area contributed by atoms with Crippen molar-refractivity contribution in [2.24, 2.45) is 5.73 Å². The summed E-state index contributed by atoms with van der Waals surface area (Å²) in [7, 11) is 0. The molecule has 11 heteroatoms. The molecule has 4 rings (SSSR count). The topological polar surface area (TPSA) is 127 Å². The van der Waals surface area contributed by atoms with Gasteiger partial charge in [0.25, 0.3) is 5.91 Å². The number of nitrogens with two attached hydrogens (primary N) is 1. The number of carbonyl (C=O) groups is 3. The van der Waals surface area contributed by atoms with Crippen molar-refractivity contribution in [3.63, 3.8) is 0 Å². The molecule has 0 radical (unpaired) electrons. The molecule has 2 aromatic carbocycles. The largest absolute Gasteiger partial charge is 0.491 e. The number of ether oxygens (including phenoxy) is 1. The van der Waals surface area contributed by atoms with Crippen molar-refractivity contribution in [3.05, 3.63) is 64.6 Å². The first-order valence-electron chi connectivity index (χ1n) is 11.5. The summed E-state index contributed by atoms with van der Waals surface area (Å²) < 4.78 is 21.2. The van der Waals surface area contributed by atoms with E-state index in [4.69, 9.17) is 27.2 Å². The first-order valence-corrected chi connectivity index (χ1v) is 11.8. The van der Waals surface area contributed by atoms with Gasteiger partial charge in [-0.1, -0.05) is 23.7 Å². The van der Waals surface area contributed by atoms with Crippen LogP contribution in [0.3, 0.4) is 0 Å². The van der Waals surface area contributed by atoms with Gasteiger partial charge in [0.1, 0.15) is 30.8 Å². The Morgan fingerprint density at radius 1 is 1.25 bits per heavy atom. The fourth-order valence-electron chi connectivity index (χ4n) is 4.41. The highest BCUT2D eigenvalue weighted by Gasteiger charge is 2.34. The number of rotatable bonds is 9. The Kier molecular flexibility index (Phi) is 7.76. The van der Waals surface area contributed by atoms with Crippen molar-refractivity contribution in [2.75, 3.05) is 19.8 Å². The van der Waals surface area contributed by atoms with Gasteiger partial charge in [-0.25, -0.2) is 4.39 Å². The highest BCUT2D eigenvalue weighted by Crippen LogP contribution is 2.27. The quantitative estimate of drug-likeness (QED) is 0.402. The zero-order valence-corrected chi connectivity index (χ0v) is 20.1. The van der Waals surface area contributed by atoms with Crippen LogP contribution < -0.4 is 15.8 Å². The number of carbonyl (C=O) groups excluding carboxylic acids is 3. The Labute approximate surface area is 211 Å². The number of benzene rings is 2. The van der Waals surface area contributed by atoms with Gasteiger partial charge in [-0.3, -0.25) is 14.4 Å². The minimum absolute atomic E-state index is 0.0291. The predicted molar refractivity (Wildman–Crippen MR) is 131 cm³/mol. The molecular weight excluding hydrogens is 491 g/mol. The molecule has 3 aromatic rings. The second-order valence-electron chi connectivity index (χ2n) is 8.46. The summed E-state index contributed by atoms with van der Waals surface area (Å²) in [4.78, 5) is 39.6. The maximum absolute atomic E-state index is 14.2. The minimum atomic E-state index is -0.694. The van der Waals surface area contributed by atoms with Gasteiger partial charge < -0.3 is 30.4 Å². The maximum Gasteiger partial charge on any atom is 0.250 e. The number of likely N-dealkylation sites (tertiary alicyclic amines) is 1. The van der Waals surface area contributed by atoms with Crippen LogP contribution in [0, 0.1) is 5.82 Å². The molecule has 9 nitrogen and oxygen atoms in total. The van der Waals surface area contributed by atoms with Crippen LogP contribution >= 0.6 is 11.6 Å². The molecule has 1 aliphatic rings. The highest BCUT2D eigenvalue weighted by molar-refractivity contribution is 6.30. The number of nitrogens with one attached hydrogen (secondary N) is 1. The van der Waals surface area contributed by atoms with E-state index in [-0.39, 0.29) is 54.3 Å². The summed E-state index contributed by atoms with van der Waals surface area (Å²) in [5.41, 5.74) is 6.60. The fourth-order valence-corrected chi connectivity index (χ4v) is 4.61. The smallest absolute Gasteiger partial charge is 0.250 e. The molecule has 36 heavy (non-hydrogen) atoms. The van der Waals surface area contributed by atoms with Gasteiger partial charge >= 0.3 is 0 Å². The van der Waals surface area contributed by atoms with Crippen molar-refractivity contribution >= 4 is 40.2 Å². The number of hydrogen-bond acceptors (Lipinski definition) is 5. The van der Waals surface area contributed by atoms with Crippen LogP contribution in [0.5, 0.6) is 5.75 Å². The van der Waals surface area contributed by atoms with Crippen LogP contribution in [-0.2, 0) is 22.7 Å². The average molecular weight is 517 g/mol. The maximum atomic E-state index is 14.2. The summed E-state index contributed by atoms with van der Waals surface area (Å²) >= 11 is 5.80. The van der Waals surface area contributed by atoms with Crippen molar-refractivity contribution in [1.82, 2.24) is 14.8 Å². The molecule has 1 saturated heterocycles. The summed E-state index contributed by atoms with van der Waals surface area (Å²) in [6, 6.07) is 8.85. The van der Waals surface area contributed by atoms with Crippen molar-refractivity contribution in [2.45, 2.75) is 32.0 Å². The minimum Gasteiger partial charge on any atom is -0.491 e. The number of hydrogen-bond donors (Lipinski definition) is 3. The van der Waals surface area contributed by atoms with E-state index in [1.807, 2.05) is 0 Å². The van der Waals surface area contributed by atoms with Crippen molar-refractivity contribution in [3.8, 4) is 5.75 Å². The van der Waals surface area contributed by atoms with Gasteiger partial charge in [-0.05, 0) is 31.0 Å². The monoisotopic (exact) mass is 516 g/mol. The van der Waals surface area contributed by atoms with E-state index in [0.29, 0.717) is 36.0 Å². The molecule has 190 valence electrons. The number of primary amides is 1. The Balaban J connectivity index is 1.50. The molecule has 1 aliphatic heterocycles. The van der Waals surface area contributed by atoms with Crippen LogP contribution in [0.2, 0.25) is 5.02 Å². The molecule has 0 saturated carbocycles. The van der Waals surface area contributed by atoms with Gasteiger partial charge in [0.15, 0.2) is 0 Å². The number of aliphatic hydroxyl groups excluding tert-OH is 1. The third-order valence-electron chi connectivity index (χ3n) is 6.15. The lowest BCUT2D eigenvalue weighted by Crippen LogP contribution is -2.46. The molecule has 4 N–H and O–H groups in total. The molecule has 3 amide bonds. The van der Waals surface area contributed by atoms with Gasteiger partial charge in [-0.15, -0.1) is 0 Å². The van der Waals surface area contributed by atoms with E-state index in [0.717, 1.165) is 0 Å². The van der Waals surface area contributed by atoms with Gasteiger partial charge in [0.2, 0.25) is 11.8 Å². The molecule has 0 aliphatic carbocycles. The molecule has 1 atom stereocenters. The second kappa shape index (κ2) is 11.0. The molecule has 0 bridgehead atoms. The summed E-state index contributed by atoms with van der Waals surface area (Å²) in [5, 5.41) is 12.2. The van der Waals surface area contributed by atoms with E-state index in [9.17, 15) is 18.8 Å². The van der Waals surface area contributed by atoms with Gasteiger partial charge in [0.05, 0.1) is 22.7 Å². The second-order valence-corrected chi connectivity index (χ2v) is 8.87. The Bertz CT molecular complexity index is 1310. The molecule has 1 fully saturated rings. The first kappa shape index (κ1) is 25.5. The van der Waals surface area contributed by atoms with Crippen LogP contribution in [0.25, 0.3) is 10.9 Å². The van der Waals surface area contributed by atoms with Crippen LogP contribution in [0.4, 0.5) is 4.39 Å². The predicted octanol–water partition coefficient (Wildman–Crippen LogP) is 2.21. The lowest BCUT2D eigenvalue weighted by molar-refractivity contribution is -0.138. The Morgan fingerprint density at radius 3 is 2.81 bits per heavy atom. The van der Waals surface area contributed by atoms with E-state index in [1.165, 1.54) is 23.2 Å². The van der Waals surface area contributed by atoms with E-state index >= 15 is 0 Å². The van der Waals surface area contributed by atoms with E-state index in [2.05, 4.69) is 5.32 Å². The van der Waals surface area contributed by atoms with Gasteiger partial charge in [0, 0.05) is 36.3 Å². The van der Waals surface area contributed by atoms with Crippen LogP contribution in [0.1, 0.15) is 28.8 Å². The third-order valence-corrected chi connectivity index (χ3v) is 6.44. The molecule has 1 aromatic heterocycles. The molecule has 2 heterocycles. The number of aromatic nitrogens is 1. The third kappa shape index (κ3) is 5.29. The zero-order chi connectivity index (χ0) is 25.8. The van der Waals surface area contributed by atoms with Crippen molar-refractivity contribution < 1.29 is 28.6 Å². The standard InChI is InChI=1S/C25H26ClFN4O5/c26-19-4-1-3-15(23(19)27)12-29-25(35)20-5-2-8-31(20)22(33)14-30-13-18(24(28)34)17-7-6-16(11-21(17)30)36-10-9-32/h1,3-4,6-7,11,13,20,32H,2,5,8-10,12,14H2,(H2,28,34)(H,29,35). The van der Waals surface area contributed by atoms with Crippen LogP contribution in [0.15, 0.2) is 42.6 Å². The molecule has 1 unspecified atom stereocenters. The Morgan fingerprint density at radius 2 is 2.06 bits per heavy atom. The number of amides is 3. The number of halogens is 2. The fraction of sp³-hybridized carbons (Fsp3) is 0.320. The highest BCUT2D eigenvalue weighted by atomic mass is 35.5. The number of aliphatic hydroxyl groups is 1. The molecule has 0 spiro atoms. The van der Waals surface area contributed by atoms with E-state index in [1.54, 1.807) is 28.8 Å². The summed E-state index contributed by atoms with van der Waals surface area (Å²) in [6.07, 6.45) is 2.63. The number of fused-ring (bicyclic) bond motifs is 1. The zero-order valence-electron chi connectivity index (χ0n) is 19.4. The summed E-state index contributed by atoms with van der Waals surface area (Å²) in [5.74, 6) is -1.45. The lowest BCUT2D eigenvalue weighted by Gasteiger charge is -2.24. The number of nitrogens with zero attached hydrogens (tertiary/aromatic N) is 2. The van der Waals surface area contributed by atoms with Crippen LogP contribution in [-0.4, -0.2) is 58.1 Å². The average Bonchev–Trinajstić information content (AvgIpc) is 3.49. The van der Waals surface area contributed by atoms with Crippen molar-refractivity contribution in [1.29, 1.82) is 0 Å². The Hall–Kier alpha value is -3.63.